The number of hydrogen-bond donors (Lipinski definition) is 2. The van der Waals surface area contributed by atoms with E-state index in [1.54, 1.807) is 36.4 Å². The Morgan fingerprint density at radius 2 is 1.82 bits per heavy atom. The van der Waals surface area contributed by atoms with Crippen molar-refractivity contribution in [3.63, 3.8) is 0 Å². The largest absolute Gasteiger partial charge is 0.497 e. The normalized spacial score (nSPS) is 10.7. The minimum atomic E-state index is -0.589. The molecule has 0 fully saturated rings. The molecule has 34 heavy (non-hydrogen) atoms. The molecular formula is C25H19ClFN3O4. The van der Waals surface area contributed by atoms with Crippen molar-refractivity contribution < 1.29 is 23.5 Å². The number of nitrogens with one attached hydrogen (secondary N) is 2. The lowest BCUT2D eigenvalue weighted by atomic mass is 10.1. The maximum Gasteiger partial charge on any atom is 0.266 e. The number of anilines is 2. The van der Waals surface area contributed by atoms with Gasteiger partial charge < -0.3 is 20.1 Å². The number of carbonyl (C=O) groups is 2. The van der Waals surface area contributed by atoms with Gasteiger partial charge in [-0.15, -0.1) is 0 Å². The standard InChI is InChI=1S/C25H19ClFN3O4/c1-33-19-9-7-18(8-10-19)29-25(32)17(14-28)12-16-6-11-23(20(26)13-16)34-15-24(31)30-22-5-3-2-4-21(22)27/h2-13H,15H2,1H3,(H,29,32)(H,30,31)/b17-12-. The summed E-state index contributed by atoms with van der Waals surface area (Å²) in [5.41, 5.74) is 0.890. The summed E-state index contributed by atoms with van der Waals surface area (Å²) in [6.45, 7) is -0.392. The van der Waals surface area contributed by atoms with E-state index in [0.29, 0.717) is 17.0 Å². The number of benzene rings is 3. The predicted molar refractivity (Wildman–Crippen MR) is 127 cm³/mol. The van der Waals surface area contributed by atoms with Crippen LogP contribution < -0.4 is 20.1 Å². The van der Waals surface area contributed by atoms with Gasteiger partial charge in [-0.05, 0) is 60.2 Å². The Balaban J connectivity index is 1.63. The number of hydrogen-bond acceptors (Lipinski definition) is 5. The molecule has 2 amide bonds. The van der Waals surface area contributed by atoms with Gasteiger partial charge in [-0.25, -0.2) is 4.39 Å². The second-order valence-corrected chi connectivity index (χ2v) is 7.27. The zero-order chi connectivity index (χ0) is 24.5. The maximum atomic E-state index is 13.6. The third-order valence-electron chi connectivity index (χ3n) is 4.49. The first-order chi connectivity index (χ1) is 16.4. The number of nitriles is 1. The number of ether oxygens (including phenoxy) is 2. The molecule has 2 N–H and O–H groups in total. The van der Waals surface area contributed by atoms with Gasteiger partial charge in [-0.3, -0.25) is 9.59 Å². The number of para-hydroxylation sites is 1. The van der Waals surface area contributed by atoms with Crippen molar-refractivity contribution in [3.05, 3.63) is 88.7 Å². The van der Waals surface area contributed by atoms with Gasteiger partial charge in [-0.1, -0.05) is 29.8 Å². The van der Waals surface area contributed by atoms with Crippen molar-refractivity contribution in [2.45, 2.75) is 0 Å². The molecule has 0 spiro atoms. The van der Waals surface area contributed by atoms with Gasteiger partial charge in [0, 0.05) is 5.69 Å². The van der Waals surface area contributed by atoms with Crippen LogP contribution in [0.5, 0.6) is 11.5 Å². The molecule has 172 valence electrons. The van der Waals surface area contributed by atoms with E-state index in [1.807, 2.05) is 6.07 Å². The second kappa shape index (κ2) is 11.5. The van der Waals surface area contributed by atoms with Crippen LogP contribution in [0, 0.1) is 17.1 Å². The van der Waals surface area contributed by atoms with Crippen LogP contribution in [0.3, 0.4) is 0 Å². The van der Waals surface area contributed by atoms with Crippen LogP contribution in [-0.4, -0.2) is 25.5 Å². The van der Waals surface area contributed by atoms with Crippen LogP contribution >= 0.6 is 11.6 Å². The zero-order valence-corrected chi connectivity index (χ0v) is 18.7. The summed E-state index contributed by atoms with van der Waals surface area (Å²) in [4.78, 5) is 24.5. The fraction of sp³-hybridized carbons (Fsp3) is 0.0800. The lowest BCUT2D eigenvalue weighted by Gasteiger charge is -2.10. The van der Waals surface area contributed by atoms with Crippen molar-refractivity contribution in [1.29, 1.82) is 5.26 Å². The molecule has 7 nitrogen and oxygen atoms in total. The highest BCUT2D eigenvalue weighted by atomic mass is 35.5. The van der Waals surface area contributed by atoms with Crippen LogP contribution in [0.4, 0.5) is 15.8 Å². The summed E-state index contributed by atoms with van der Waals surface area (Å²) in [6.07, 6.45) is 1.37. The molecule has 3 aromatic carbocycles. The smallest absolute Gasteiger partial charge is 0.266 e. The molecule has 0 heterocycles. The number of amides is 2. The fourth-order valence-corrected chi connectivity index (χ4v) is 3.05. The van der Waals surface area contributed by atoms with Crippen molar-refractivity contribution in [2.24, 2.45) is 0 Å². The first-order valence-corrected chi connectivity index (χ1v) is 10.3. The topological polar surface area (TPSA) is 100 Å². The highest BCUT2D eigenvalue weighted by Gasteiger charge is 2.12. The Bertz CT molecular complexity index is 1270. The zero-order valence-electron chi connectivity index (χ0n) is 18.0. The fourth-order valence-electron chi connectivity index (χ4n) is 2.80. The number of carbonyl (C=O) groups excluding carboxylic acids is 2. The molecule has 0 aromatic heterocycles. The summed E-state index contributed by atoms with van der Waals surface area (Å²) < 4.78 is 24.1. The predicted octanol–water partition coefficient (Wildman–Crippen LogP) is 5.05. The molecule has 0 saturated carbocycles. The average Bonchev–Trinajstić information content (AvgIpc) is 2.83. The second-order valence-electron chi connectivity index (χ2n) is 6.86. The van der Waals surface area contributed by atoms with E-state index in [4.69, 9.17) is 21.1 Å². The van der Waals surface area contributed by atoms with Crippen molar-refractivity contribution in [3.8, 4) is 17.6 Å². The van der Waals surface area contributed by atoms with Crippen molar-refractivity contribution in [2.75, 3.05) is 24.4 Å². The molecule has 9 heteroatoms. The van der Waals surface area contributed by atoms with Gasteiger partial charge in [-0.2, -0.15) is 5.26 Å². The van der Waals surface area contributed by atoms with E-state index >= 15 is 0 Å². The van der Waals surface area contributed by atoms with E-state index in [0.717, 1.165) is 0 Å². The first-order valence-electron chi connectivity index (χ1n) is 9.93. The van der Waals surface area contributed by atoms with Gasteiger partial charge in [0.2, 0.25) is 0 Å². The van der Waals surface area contributed by atoms with Gasteiger partial charge in [0.1, 0.15) is 29.0 Å². The molecule has 0 aliphatic carbocycles. The van der Waals surface area contributed by atoms with Gasteiger partial charge >= 0.3 is 0 Å². The summed E-state index contributed by atoms with van der Waals surface area (Å²) in [5.74, 6) is -0.866. The van der Waals surface area contributed by atoms with Crippen molar-refractivity contribution in [1.82, 2.24) is 0 Å². The Morgan fingerprint density at radius 3 is 2.47 bits per heavy atom. The third-order valence-corrected chi connectivity index (χ3v) is 4.78. The lowest BCUT2D eigenvalue weighted by Crippen LogP contribution is -2.20. The SMILES string of the molecule is COc1ccc(NC(=O)/C(C#N)=C\c2ccc(OCC(=O)Nc3ccccc3F)c(Cl)c2)cc1. The number of halogens is 2. The Morgan fingerprint density at radius 1 is 1.09 bits per heavy atom. The van der Waals surface area contributed by atoms with Crippen LogP contribution in [0.15, 0.2) is 72.3 Å². The molecule has 0 bridgehead atoms. The van der Waals surface area contributed by atoms with Gasteiger partial charge in [0.25, 0.3) is 11.8 Å². The van der Waals surface area contributed by atoms with Crippen LogP contribution in [0.1, 0.15) is 5.56 Å². The molecule has 0 radical (unpaired) electrons. The Kier molecular flexibility index (Phi) is 8.21. The molecule has 0 saturated heterocycles. The number of rotatable bonds is 8. The quantitative estimate of drug-likeness (QED) is 0.348. The van der Waals surface area contributed by atoms with Gasteiger partial charge in [0.15, 0.2) is 6.61 Å². The summed E-state index contributed by atoms with van der Waals surface area (Å²) >= 11 is 6.22. The van der Waals surface area contributed by atoms with Crippen LogP contribution in [-0.2, 0) is 9.59 Å². The van der Waals surface area contributed by atoms with Crippen LogP contribution in [0.25, 0.3) is 6.08 Å². The summed E-state index contributed by atoms with van der Waals surface area (Å²) in [6, 6.07) is 18.9. The van der Waals surface area contributed by atoms with Crippen LogP contribution in [0.2, 0.25) is 5.02 Å². The molecule has 0 aliphatic rings. The van der Waals surface area contributed by atoms with E-state index < -0.39 is 24.2 Å². The molecule has 3 aromatic rings. The first kappa shape index (κ1) is 24.3. The molecule has 0 unspecified atom stereocenters. The highest BCUT2D eigenvalue weighted by molar-refractivity contribution is 6.32. The summed E-state index contributed by atoms with van der Waals surface area (Å²) in [5, 5.41) is 14.6. The Hall–Kier alpha value is -4.35. The monoisotopic (exact) mass is 479 g/mol. The minimum Gasteiger partial charge on any atom is -0.497 e. The highest BCUT2D eigenvalue weighted by Crippen LogP contribution is 2.27. The Labute approximate surface area is 200 Å². The van der Waals surface area contributed by atoms with E-state index in [1.165, 1.54) is 43.5 Å². The van der Waals surface area contributed by atoms with Gasteiger partial charge in [0.05, 0.1) is 17.8 Å². The maximum absolute atomic E-state index is 13.6. The molecule has 0 atom stereocenters. The lowest BCUT2D eigenvalue weighted by molar-refractivity contribution is -0.118. The third kappa shape index (κ3) is 6.58. The number of methoxy groups -OCH3 is 1. The van der Waals surface area contributed by atoms with E-state index in [9.17, 15) is 19.2 Å². The van der Waals surface area contributed by atoms with E-state index in [-0.39, 0.29) is 22.0 Å². The van der Waals surface area contributed by atoms with Crippen molar-refractivity contribution >= 4 is 40.9 Å². The van der Waals surface area contributed by atoms with E-state index in [2.05, 4.69) is 10.6 Å². The number of nitrogens with zero attached hydrogens (tertiary/aromatic N) is 1. The molecular weight excluding hydrogens is 461 g/mol. The molecule has 0 aliphatic heterocycles. The average molecular weight is 480 g/mol. The minimum absolute atomic E-state index is 0.0413. The molecule has 3 rings (SSSR count). The summed E-state index contributed by atoms with van der Waals surface area (Å²) in [7, 11) is 1.53.